The van der Waals surface area contributed by atoms with Crippen molar-refractivity contribution in [3.05, 3.63) is 17.9 Å². The van der Waals surface area contributed by atoms with E-state index in [0.717, 1.165) is 31.8 Å². The molecular formula is C11H16N2O5S. The highest BCUT2D eigenvalue weighted by molar-refractivity contribution is 7.89. The van der Waals surface area contributed by atoms with Gasteiger partial charge in [0.15, 0.2) is 5.76 Å². The Bertz CT molecular complexity index is 557. The topological polar surface area (TPSA) is 95.1 Å². The summed E-state index contributed by atoms with van der Waals surface area (Å²) in [4.78, 5) is 11.9. The van der Waals surface area contributed by atoms with Crippen molar-refractivity contribution in [2.45, 2.75) is 12.0 Å². The number of hydrogen-bond acceptors (Lipinski definition) is 5. The standard InChI is InChI=1S/C11H16N2O5S/c1-2-12-5-7-13(8-6-12)19(16,17)10-4-3-9(18-10)11(14)15/h3-4H,2,5-8H2,1H3,(H,14,15). The first-order valence-corrected chi connectivity index (χ1v) is 7.54. The maximum Gasteiger partial charge on any atom is 0.276 e. The average Bonchev–Trinajstić information content (AvgIpc) is 2.89. The number of carboxylic acids is 1. The lowest BCUT2D eigenvalue weighted by Crippen LogP contribution is -3.14. The van der Waals surface area contributed by atoms with E-state index in [1.165, 1.54) is 9.21 Å². The molecule has 1 fully saturated rings. The van der Waals surface area contributed by atoms with Crippen LogP contribution in [0.25, 0.3) is 0 Å². The van der Waals surface area contributed by atoms with Crippen LogP contribution in [0.2, 0.25) is 0 Å². The van der Waals surface area contributed by atoms with E-state index in [2.05, 4.69) is 6.92 Å². The number of hydrogen-bond donors (Lipinski definition) is 1. The van der Waals surface area contributed by atoms with E-state index in [1.807, 2.05) is 0 Å². The number of rotatable bonds is 4. The molecule has 1 aliphatic rings. The summed E-state index contributed by atoms with van der Waals surface area (Å²) in [5, 5.41) is 10.2. The molecule has 1 saturated heterocycles. The maximum absolute atomic E-state index is 12.2. The Hall–Kier alpha value is -1.38. The van der Waals surface area contributed by atoms with Crippen LogP contribution in [-0.4, -0.2) is 51.4 Å². The Balaban J connectivity index is 2.16. The van der Waals surface area contributed by atoms with Crippen LogP contribution >= 0.6 is 0 Å². The minimum atomic E-state index is -3.74. The van der Waals surface area contributed by atoms with Crippen LogP contribution in [0.4, 0.5) is 0 Å². The number of likely N-dealkylation sites (N-methyl/N-ethyl adjacent to an activating group) is 1. The zero-order chi connectivity index (χ0) is 14.0. The Morgan fingerprint density at radius 1 is 1.42 bits per heavy atom. The third-order valence-electron chi connectivity index (χ3n) is 3.31. The minimum absolute atomic E-state index is 0.341. The number of piperazine rings is 1. The Labute approximate surface area is 111 Å². The highest BCUT2D eigenvalue weighted by Crippen LogP contribution is 2.18. The van der Waals surface area contributed by atoms with Crippen LogP contribution in [0.15, 0.2) is 21.6 Å². The van der Waals surface area contributed by atoms with Crippen molar-refractivity contribution in [2.75, 3.05) is 32.7 Å². The number of nitrogens with zero attached hydrogens (tertiary/aromatic N) is 1. The minimum Gasteiger partial charge on any atom is -0.542 e. The second kappa shape index (κ2) is 5.32. The van der Waals surface area contributed by atoms with Gasteiger partial charge in [-0.25, -0.2) is 8.42 Å². The molecular weight excluding hydrogens is 272 g/mol. The molecule has 0 unspecified atom stereocenters. The molecule has 1 N–H and O–H groups in total. The number of sulfonamides is 1. The largest absolute Gasteiger partial charge is 0.542 e. The molecule has 0 radical (unpaired) electrons. The third-order valence-corrected chi connectivity index (χ3v) is 5.08. The summed E-state index contributed by atoms with van der Waals surface area (Å²) in [7, 11) is -3.74. The molecule has 0 atom stereocenters. The summed E-state index contributed by atoms with van der Waals surface area (Å²) in [5.41, 5.74) is 0. The molecule has 1 aromatic heterocycles. The smallest absolute Gasteiger partial charge is 0.276 e. The number of aromatic carboxylic acids is 1. The van der Waals surface area contributed by atoms with E-state index in [1.54, 1.807) is 0 Å². The second-order valence-electron chi connectivity index (χ2n) is 4.41. The highest BCUT2D eigenvalue weighted by Gasteiger charge is 2.32. The van der Waals surface area contributed by atoms with Crippen molar-refractivity contribution in [3.8, 4) is 0 Å². The van der Waals surface area contributed by atoms with Gasteiger partial charge in [-0.15, -0.1) is 0 Å². The summed E-state index contributed by atoms with van der Waals surface area (Å²) in [6, 6.07) is 2.25. The van der Waals surface area contributed by atoms with Gasteiger partial charge < -0.3 is 19.2 Å². The first kappa shape index (κ1) is 14.0. The lowest BCUT2D eigenvalue weighted by molar-refractivity contribution is -0.901. The lowest BCUT2D eigenvalue weighted by atomic mass is 10.4. The van der Waals surface area contributed by atoms with E-state index in [0.29, 0.717) is 13.1 Å². The molecule has 1 aliphatic heterocycles. The number of quaternary nitrogens is 1. The van der Waals surface area contributed by atoms with E-state index < -0.39 is 21.8 Å². The van der Waals surface area contributed by atoms with Crippen molar-refractivity contribution in [3.63, 3.8) is 0 Å². The fourth-order valence-corrected chi connectivity index (χ4v) is 3.44. The van der Waals surface area contributed by atoms with Crippen LogP contribution in [-0.2, 0) is 10.0 Å². The molecule has 2 heterocycles. The van der Waals surface area contributed by atoms with Gasteiger partial charge in [0.05, 0.1) is 32.7 Å². The van der Waals surface area contributed by atoms with Gasteiger partial charge in [0.2, 0.25) is 5.09 Å². The van der Waals surface area contributed by atoms with Crippen molar-refractivity contribution < 1.29 is 27.6 Å². The van der Waals surface area contributed by atoms with Crippen LogP contribution in [0, 0.1) is 0 Å². The third kappa shape index (κ3) is 2.80. The molecule has 1 aromatic rings. The molecule has 0 spiro atoms. The van der Waals surface area contributed by atoms with Gasteiger partial charge in [0, 0.05) is 0 Å². The molecule has 0 saturated carbocycles. The summed E-state index contributed by atoms with van der Waals surface area (Å²) < 4.78 is 30.6. The molecule has 106 valence electrons. The average molecular weight is 288 g/mol. The van der Waals surface area contributed by atoms with Crippen molar-refractivity contribution in [1.82, 2.24) is 4.31 Å². The first-order valence-electron chi connectivity index (χ1n) is 6.10. The lowest BCUT2D eigenvalue weighted by Gasteiger charge is -2.30. The summed E-state index contributed by atoms with van der Waals surface area (Å²) in [6.07, 6.45) is 0. The zero-order valence-electron chi connectivity index (χ0n) is 10.6. The van der Waals surface area contributed by atoms with Gasteiger partial charge >= 0.3 is 0 Å². The number of nitrogens with one attached hydrogen (secondary N) is 1. The van der Waals surface area contributed by atoms with Gasteiger partial charge in [-0.2, -0.15) is 4.31 Å². The summed E-state index contributed by atoms with van der Waals surface area (Å²) >= 11 is 0. The fourth-order valence-electron chi connectivity index (χ4n) is 2.09. The van der Waals surface area contributed by atoms with Crippen LogP contribution in [0.5, 0.6) is 0 Å². The Morgan fingerprint density at radius 3 is 2.53 bits per heavy atom. The van der Waals surface area contributed by atoms with Gasteiger partial charge in [0.25, 0.3) is 10.0 Å². The second-order valence-corrected chi connectivity index (χ2v) is 6.28. The number of carboxylic acid groups (broad SMARTS) is 1. The summed E-state index contributed by atoms with van der Waals surface area (Å²) in [6.45, 7) is 5.31. The molecule has 0 aliphatic carbocycles. The van der Waals surface area contributed by atoms with Crippen LogP contribution in [0.1, 0.15) is 17.5 Å². The molecule has 8 heteroatoms. The van der Waals surface area contributed by atoms with Crippen LogP contribution < -0.4 is 10.0 Å². The molecule has 7 nitrogen and oxygen atoms in total. The zero-order valence-corrected chi connectivity index (χ0v) is 11.4. The van der Waals surface area contributed by atoms with Crippen molar-refractivity contribution in [1.29, 1.82) is 0 Å². The Morgan fingerprint density at radius 2 is 2.05 bits per heavy atom. The number of furan rings is 1. The van der Waals surface area contributed by atoms with E-state index in [4.69, 9.17) is 4.42 Å². The van der Waals surface area contributed by atoms with Gasteiger partial charge in [0.1, 0.15) is 5.97 Å². The highest BCUT2D eigenvalue weighted by atomic mass is 32.2. The normalized spacial score (nSPS) is 18.6. The van der Waals surface area contributed by atoms with E-state index in [9.17, 15) is 18.3 Å². The van der Waals surface area contributed by atoms with E-state index >= 15 is 0 Å². The maximum atomic E-state index is 12.2. The SMILES string of the molecule is CC[NH+]1CCN(S(=O)(=O)c2ccc(C(=O)[O-])o2)CC1. The molecule has 0 amide bonds. The van der Waals surface area contributed by atoms with Gasteiger partial charge in [-0.1, -0.05) is 0 Å². The summed E-state index contributed by atoms with van der Waals surface area (Å²) in [5.74, 6) is -2.00. The molecule has 2 rings (SSSR count). The van der Waals surface area contributed by atoms with Crippen molar-refractivity contribution >= 4 is 16.0 Å². The van der Waals surface area contributed by atoms with Crippen molar-refractivity contribution in [2.24, 2.45) is 0 Å². The fraction of sp³-hybridized carbons (Fsp3) is 0.545. The molecule has 0 bridgehead atoms. The predicted octanol–water partition coefficient (Wildman–Crippen LogP) is -2.45. The quantitative estimate of drug-likeness (QED) is 0.664. The first-order chi connectivity index (χ1) is 8.95. The number of carbonyl (C=O) groups excluding carboxylic acids is 1. The number of carbonyl (C=O) groups is 1. The molecule has 19 heavy (non-hydrogen) atoms. The van der Waals surface area contributed by atoms with Gasteiger partial charge in [-0.05, 0) is 19.1 Å². The molecule has 0 aromatic carbocycles. The predicted molar refractivity (Wildman–Crippen MR) is 63.0 cm³/mol. The van der Waals surface area contributed by atoms with Crippen LogP contribution in [0.3, 0.4) is 0 Å². The monoisotopic (exact) mass is 288 g/mol. The van der Waals surface area contributed by atoms with E-state index in [-0.39, 0.29) is 5.09 Å². The Kier molecular flexibility index (Phi) is 3.93. The van der Waals surface area contributed by atoms with Gasteiger partial charge in [-0.3, -0.25) is 0 Å².